The number of nitrogens with one attached hydrogen (secondary N) is 4. The number of H-pyrrole nitrogens is 2. The summed E-state index contributed by atoms with van der Waals surface area (Å²) in [5, 5.41) is 8.57. The Bertz CT molecular complexity index is 864. The van der Waals surface area contributed by atoms with Crippen molar-refractivity contribution < 1.29 is 0 Å². The van der Waals surface area contributed by atoms with E-state index in [1.165, 1.54) is 12.1 Å². The van der Waals surface area contributed by atoms with Crippen LogP contribution in [-0.4, -0.2) is 31.4 Å². The van der Waals surface area contributed by atoms with Gasteiger partial charge in [0.15, 0.2) is 0 Å². The van der Waals surface area contributed by atoms with Gasteiger partial charge >= 0.3 is 0 Å². The highest BCUT2D eigenvalue weighted by Gasteiger charge is 2.07. The molecular weight excluding hydrogens is 336 g/mol. The van der Waals surface area contributed by atoms with Crippen molar-refractivity contribution in [2.75, 3.05) is 10.9 Å². The Hall–Kier alpha value is -3.30. The van der Waals surface area contributed by atoms with Crippen LogP contribution in [0, 0.1) is 13.8 Å². The third-order valence-corrected chi connectivity index (χ3v) is 3.34. The summed E-state index contributed by atoms with van der Waals surface area (Å²) in [6, 6.07) is 2.79. The number of rotatable bonds is 7. The van der Waals surface area contributed by atoms with Crippen LogP contribution < -0.4 is 22.0 Å². The van der Waals surface area contributed by atoms with Crippen LogP contribution in [0.2, 0.25) is 0 Å². The summed E-state index contributed by atoms with van der Waals surface area (Å²) < 4.78 is 0. The van der Waals surface area contributed by atoms with Crippen molar-refractivity contribution in [1.29, 1.82) is 0 Å². The van der Waals surface area contributed by atoms with E-state index in [4.69, 9.17) is 0 Å². The minimum atomic E-state index is -0.256. The minimum Gasteiger partial charge on any atom is -0.291 e. The van der Waals surface area contributed by atoms with Crippen molar-refractivity contribution in [3.63, 3.8) is 0 Å². The number of aromatic nitrogens is 4. The van der Waals surface area contributed by atoms with E-state index in [1.807, 2.05) is 13.8 Å². The molecule has 0 saturated carbocycles. The van der Waals surface area contributed by atoms with E-state index in [-0.39, 0.29) is 23.0 Å². The maximum atomic E-state index is 11.5. The molecule has 0 amide bonds. The highest BCUT2D eigenvalue weighted by molar-refractivity contribution is 6.42. The van der Waals surface area contributed by atoms with Crippen molar-refractivity contribution in [3.8, 4) is 0 Å². The van der Waals surface area contributed by atoms with Gasteiger partial charge in [-0.05, 0) is 26.7 Å². The predicted octanol–water partition coefficient (Wildman–Crippen LogP) is 1.53. The van der Waals surface area contributed by atoms with Crippen LogP contribution in [-0.2, 0) is 0 Å². The van der Waals surface area contributed by atoms with Crippen LogP contribution >= 0.6 is 0 Å². The molecule has 0 atom stereocenters. The molecule has 10 heteroatoms. The molecule has 0 bridgehead atoms. The molecular formula is C16H22N8O2. The van der Waals surface area contributed by atoms with Crippen LogP contribution in [0.15, 0.2) is 31.9 Å². The maximum absolute atomic E-state index is 11.5. The quantitative estimate of drug-likeness (QED) is 0.437. The first-order valence-corrected chi connectivity index (χ1v) is 8.22. The van der Waals surface area contributed by atoms with E-state index < -0.39 is 0 Å². The number of hydrogen-bond donors (Lipinski definition) is 4. The first-order chi connectivity index (χ1) is 12.4. The molecule has 2 rings (SSSR count). The van der Waals surface area contributed by atoms with Crippen LogP contribution in [0.3, 0.4) is 0 Å². The summed E-state index contributed by atoms with van der Waals surface area (Å²) in [5.41, 5.74) is 7.52. The SMILES string of the molecule is CCC(=N\Nc1nc(C)cc(=O)[nH]1)/C(CC)=N/Nc1nc(C)cc(=O)[nH]1. The predicted molar refractivity (Wildman–Crippen MR) is 102 cm³/mol. The zero-order chi connectivity index (χ0) is 19.1. The van der Waals surface area contributed by atoms with Gasteiger partial charge in [-0.15, -0.1) is 0 Å². The molecule has 138 valence electrons. The summed E-state index contributed by atoms with van der Waals surface area (Å²) in [7, 11) is 0. The van der Waals surface area contributed by atoms with Gasteiger partial charge in [-0.3, -0.25) is 19.6 Å². The lowest BCUT2D eigenvalue weighted by atomic mass is 10.1. The topological polar surface area (TPSA) is 140 Å². The van der Waals surface area contributed by atoms with Gasteiger partial charge in [0, 0.05) is 23.5 Å². The van der Waals surface area contributed by atoms with Gasteiger partial charge in [0.2, 0.25) is 11.9 Å². The molecule has 0 aromatic carbocycles. The van der Waals surface area contributed by atoms with E-state index in [0.717, 1.165) is 0 Å². The third kappa shape index (κ3) is 5.36. The van der Waals surface area contributed by atoms with Crippen molar-refractivity contribution in [3.05, 3.63) is 44.2 Å². The molecule has 0 radical (unpaired) electrons. The number of hydrogen-bond acceptors (Lipinski definition) is 8. The van der Waals surface area contributed by atoms with Crippen LogP contribution in [0.25, 0.3) is 0 Å². The van der Waals surface area contributed by atoms with Crippen LogP contribution in [0.4, 0.5) is 11.9 Å². The van der Waals surface area contributed by atoms with Gasteiger partial charge in [0.05, 0.1) is 11.4 Å². The molecule has 0 unspecified atom stereocenters. The van der Waals surface area contributed by atoms with Crippen LogP contribution in [0.1, 0.15) is 38.1 Å². The highest BCUT2D eigenvalue weighted by atomic mass is 16.1. The number of hydrazone groups is 2. The fraction of sp³-hybridized carbons (Fsp3) is 0.375. The second kappa shape index (κ2) is 8.70. The smallest absolute Gasteiger partial charge is 0.252 e. The molecule has 2 aromatic rings. The van der Waals surface area contributed by atoms with E-state index in [0.29, 0.717) is 35.7 Å². The standard InChI is InChI=1S/C16H22N8O2/c1-5-11(21-23-15-17-9(3)7-13(25)19-15)12(6-2)22-24-16-18-10(4)8-14(26)20-16/h7-8H,5-6H2,1-4H3,(H2,17,19,23,25)(H2,18,20,24,26)/b21-11+,22-12+. The lowest BCUT2D eigenvalue weighted by Gasteiger charge is -2.08. The summed E-state index contributed by atoms with van der Waals surface area (Å²) in [6.45, 7) is 7.32. The zero-order valence-corrected chi connectivity index (χ0v) is 15.2. The van der Waals surface area contributed by atoms with E-state index >= 15 is 0 Å². The first kappa shape index (κ1) is 19.0. The average Bonchev–Trinajstić information content (AvgIpc) is 2.56. The molecule has 0 aliphatic carbocycles. The maximum Gasteiger partial charge on any atom is 0.252 e. The molecule has 26 heavy (non-hydrogen) atoms. The molecule has 0 fully saturated rings. The van der Waals surface area contributed by atoms with Gasteiger partial charge in [-0.25, -0.2) is 20.8 Å². The Labute approximate surface area is 149 Å². The molecule has 2 aromatic heterocycles. The van der Waals surface area contributed by atoms with Gasteiger partial charge in [-0.2, -0.15) is 10.2 Å². The number of nitrogens with zero attached hydrogens (tertiary/aromatic N) is 4. The Morgan fingerprint density at radius 1 is 0.885 bits per heavy atom. The normalized spacial score (nSPS) is 12.2. The Balaban J connectivity index is 2.21. The van der Waals surface area contributed by atoms with Gasteiger partial charge in [0.25, 0.3) is 11.1 Å². The fourth-order valence-corrected chi connectivity index (χ4v) is 2.20. The molecule has 0 aliphatic rings. The summed E-state index contributed by atoms with van der Waals surface area (Å²) >= 11 is 0. The van der Waals surface area contributed by atoms with Crippen molar-refractivity contribution in [2.24, 2.45) is 10.2 Å². The number of aromatic amines is 2. The second-order valence-corrected chi connectivity index (χ2v) is 5.52. The first-order valence-electron chi connectivity index (χ1n) is 8.22. The number of aryl methyl sites for hydroxylation is 2. The largest absolute Gasteiger partial charge is 0.291 e. The molecule has 0 aliphatic heterocycles. The molecule has 10 nitrogen and oxygen atoms in total. The van der Waals surface area contributed by atoms with E-state index in [9.17, 15) is 9.59 Å². The Kier molecular flexibility index (Phi) is 6.36. The molecule has 2 heterocycles. The van der Waals surface area contributed by atoms with E-state index in [1.54, 1.807) is 13.8 Å². The minimum absolute atomic E-state index is 0.256. The van der Waals surface area contributed by atoms with Crippen molar-refractivity contribution >= 4 is 23.3 Å². The van der Waals surface area contributed by atoms with E-state index in [2.05, 4.69) is 41.0 Å². The Morgan fingerprint density at radius 3 is 1.58 bits per heavy atom. The molecule has 4 N–H and O–H groups in total. The zero-order valence-electron chi connectivity index (χ0n) is 15.2. The molecule has 0 saturated heterocycles. The fourth-order valence-electron chi connectivity index (χ4n) is 2.20. The monoisotopic (exact) mass is 358 g/mol. The van der Waals surface area contributed by atoms with Crippen LogP contribution in [0.5, 0.6) is 0 Å². The summed E-state index contributed by atoms with van der Waals surface area (Å²) in [4.78, 5) is 36.4. The molecule has 0 spiro atoms. The van der Waals surface area contributed by atoms with Crippen molar-refractivity contribution in [1.82, 2.24) is 19.9 Å². The average molecular weight is 358 g/mol. The Morgan fingerprint density at radius 2 is 1.27 bits per heavy atom. The summed E-state index contributed by atoms with van der Waals surface area (Å²) in [6.07, 6.45) is 1.21. The van der Waals surface area contributed by atoms with Gasteiger partial charge in [0.1, 0.15) is 0 Å². The van der Waals surface area contributed by atoms with Crippen molar-refractivity contribution in [2.45, 2.75) is 40.5 Å². The lowest BCUT2D eigenvalue weighted by Crippen LogP contribution is -2.18. The third-order valence-electron chi connectivity index (χ3n) is 3.34. The van der Waals surface area contributed by atoms with Gasteiger partial charge < -0.3 is 0 Å². The number of anilines is 2. The highest BCUT2D eigenvalue weighted by Crippen LogP contribution is 2.02. The lowest BCUT2D eigenvalue weighted by molar-refractivity contribution is 1.03. The van der Waals surface area contributed by atoms with Gasteiger partial charge in [-0.1, -0.05) is 13.8 Å². The second-order valence-electron chi connectivity index (χ2n) is 5.52. The summed E-state index contributed by atoms with van der Waals surface area (Å²) in [5.74, 6) is 0.517.